The van der Waals surface area contributed by atoms with Gasteiger partial charge in [0.1, 0.15) is 38.6 Å². The number of carbonyl (C=O) groups excluding carboxylic acids is 3. The molecule has 0 aromatic rings. The van der Waals surface area contributed by atoms with E-state index in [1.54, 1.807) is 20.8 Å². The normalized spacial score (nSPS) is 23.5. The fourth-order valence-electron chi connectivity index (χ4n) is 2.28. The van der Waals surface area contributed by atoms with Gasteiger partial charge in [-0.3, -0.25) is 4.79 Å². The average Bonchev–Trinajstić information content (AvgIpc) is 2.63. The van der Waals surface area contributed by atoms with E-state index in [1.165, 1.54) is 0 Å². The van der Waals surface area contributed by atoms with Crippen molar-refractivity contribution in [1.29, 1.82) is 0 Å². The number of hydrogen-bond acceptors (Lipinski definition) is 9. The summed E-state index contributed by atoms with van der Waals surface area (Å²) in [5.74, 6) is -0.421. The quantitative estimate of drug-likeness (QED) is 0.489. The smallest absolute Gasteiger partial charge is 0.464 e. The molecule has 2 aliphatic rings. The molecule has 0 aromatic heterocycles. The molecule has 0 radical (unpaired) electrons. The molecule has 0 aromatic carbocycles. The molecule has 148 valence electrons. The third kappa shape index (κ3) is 5.00. The summed E-state index contributed by atoms with van der Waals surface area (Å²) in [7, 11) is 0. The predicted molar refractivity (Wildman–Crippen MR) is 86.4 cm³/mol. The molecule has 2 heterocycles. The second-order valence-corrected chi connectivity index (χ2v) is 7.69. The van der Waals surface area contributed by atoms with Crippen LogP contribution in [0.5, 0.6) is 0 Å². The molecule has 0 saturated carbocycles. The van der Waals surface area contributed by atoms with Gasteiger partial charge in [0.05, 0.1) is 17.4 Å². The highest BCUT2D eigenvalue weighted by Gasteiger charge is 2.41. The SMILES string of the molecule is CCC(C)(COC1(C)COC(=O)OC1)C(=O)OCC1(C)COC(=O)OC1. The van der Waals surface area contributed by atoms with Gasteiger partial charge in [-0.15, -0.1) is 0 Å². The Morgan fingerprint density at radius 3 is 2.04 bits per heavy atom. The molecule has 0 bridgehead atoms. The van der Waals surface area contributed by atoms with Gasteiger partial charge in [0.15, 0.2) is 0 Å². The Kier molecular flexibility index (Phi) is 6.00. The molecule has 1 unspecified atom stereocenters. The Balaban J connectivity index is 1.87. The van der Waals surface area contributed by atoms with E-state index in [1.807, 2.05) is 6.92 Å². The third-order valence-corrected chi connectivity index (χ3v) is 4.63. The highest BCUT2D eigenvalue weighted by atomic mass is 16.8. The Labute approximate surface area is 152 Å². The van der Waals surface area contributed by atoms with Crippen molar-refractivity contribution in [3.63, 3.8) is 0 Å². The first-order valence-corrected chi connectivity index (χ1v) is 8.50. The number of carbonyl (C=O) groups is 3. The molecule has 0 spiro atoms. The second-order valence-electron chi connectivity index (χ2n) is 7.69. The van der Waals surface area contributed by atoms with Gasteiger partial charge in [0.25, 0.3) is 0 Å². The van der Waals surface area contributed by atoms with Gasteiger partial charge in [-0.1, -0.05) is 6.92 Å². The van der Waals surface area contributed by atoms with Gasteiger partial charge in [0.2, 0.25) is 0 Å². The molecule has 9 nitrogen and oxygen atoms in total. The van der Waals surface area contributed by atoms with Crippen molar-refractivity contribution in [2.45, 2.75) is 39.7 Å². The van der Waals surface area contributed by atoms with Crippen LogP contribution in [0, 0.1) is 10.8 Å². The molecule has 9 heteroatoms. The van der Waals surface area contributed by atoms with Gasteiger partial charge in [-0.2, -0.15) is 0 Å². The predicted octanol–water partition coefficient (Wildman–Crippen LogP) is 2.06. The highest BCUT2D eigenvalue weighted by molar-refractivity contribution is 5.76. The minimum Gasteiger partial charge on any atom is -0.464 e. The molecule has 26 heavy (non-hydrogen) atoms. The second kappa shape index (κ2) is 7.69. The molecule has 1 atom stereocenters. The summed E-state index contributed by atoms with van der Waals surface area (Å²) in [5.41, 5.74) is -2.29. The van der Waals surface area contributed by atoms with Crippen molar-refractivity contribution in [2.24, 2.45) is 10.8 Å². The van der Waals surface area contributed by atoms with E-state index in [-0.39, 0.29) is 39.6 Å². The van der Waals surface area contributed by atoms with Crippen LogP contribution < -0.4 is 0 Å². The molecule has 2 rings (SSSR count). The molecule has 0 aliphatic carbocycles. The number of rotatable bonds is 7. The van der Waals surface area contributed by atoms with E-state index in [9.17, 15) is 14.4 Å². The van der Waals surface area contributed by atoms with E-state index in [4.69, 9.17) is 28.4 Å². The van der Waals surface area contributed by atoms with Crippen molar-refractivity contribution in [3.05, 3.63) is 0 Å². The first-order chi connectivity index (χ1) is 12.1. The fraction of sp³-hybridized carbons (Fsp3) is 0.824. The standard InChI is InChI=1S/C17H26O9/c1-5-16(3,9-26-17(4)10-24-14(20)25-11-17)12(18)21-6-15(2)7-22-13(19)23-8-15/h5-11H2,1-4H3. The van der Waals surface area contributed by atoms with Crippen LogP contribution in [0.1, 0.15) is 34.1 Å². The highest BCUT2D eigenvalue weighted by Crippen LogP contribution is 2.29. The van der Waals surface area contributed by atoms with Crippen molar-refractivity contribution in [1.82, 2.24) is 0 Å². The largest absolute Gasteiger partial charge is 0.508 e. The number of hydrogen-bond donors (Lipinski definition) is 0. The molecular weight excluding hydrogens is 348 g/mol. The minimum atomic E-state index is -0.882. The summed E-state index contributed by atoms with van der Waals surface area (Å²) >= 11 is 0. The zero-order chi connectivity index (χ0) is 19.4. The van der Waals surface area contributed by atoms with E-state index in [2.05, 4.69) is 0 Å². The maximum absolute atomic E-state index is 12.6. The van der Waals surface area contributed by atoms with E-state index in [0.717, 1.165) is 0 Å². The zero-order valence-corrected chi connectivity index (χ0v) is 15.6. The summed E-state index contributed by atoms with van der Waals surface area (Å²) in [6.07, 6.45) is -0.957. The maximum Gasteiger partial charge on any atom is 0.508 e. The van der Waals surface area contributed by atoms with Crippen LogP contribution in [0.2, 0.25) is 0 Å². The summed E-state index contributed by atoms with van der Waals surface area (Å²) < 4.78 is 30.7. The lowest BCUT2D eigenvalue weighted by Crippen LogP contribution is -2.48. The molecule has 2 aliphatic heterocycles. The van der Waals surface area contributed by atoms with Crippen LogP contribution in [-0.4, -0.2) is 63.5 Å². The lowest BCUT2D eigenvalue weighted by atomic mass is 9.88. The van der Waals surface area contributed by atoms with Gasteiger partial charge in [0, 0.05) is 0 Å². The molecular formula is C17H26O9. The first kappa shape index (κ1) is 20.3. The van der Waals surface area contributed by atoms with E-state index >= 15 is 0 Å². The van der Waals surface area contributed by atoms with Crippen LogP contribution in [0.3, 0.4) is 0 Å². The lowest BCUT2D eigenvalue weighted by molar-refractivity contribution is -0.182. The van der Waals surface area contributed by atoms with Crippen LogP contribution >= 0.6 is 0 Å². The van der Waals surface area contributed by atoms with Crippen LogP contribution in [0.25, 0.3) is 0 Å². The van der Waals surface area contributed by atoms with E-state index < -0.39 is 34.7 Å². The summed E-state index contributed by atoms with van der Waals surface area (Å²) in [4.78, 5) is 34.6. The van der Waals surface area contributed by atoms with E-state index in [0.29, 0.717) is 6.42 Å². The van der Waals surface area contributed by atoms with Gasteiger partial charge < -0.3 is 28.4 Å². The maximum atomic E-state index is 12.6. The average molecular weight is 374 g/mol. The van der Waals surface area contributed by atoms with Gasteiger partial charge in [-0.05, 0) is 27.2 Å². The Bertz CT molecular complexity index is 538. The van der Waals surface area contributed by atoms with Crippen LogP contribution in [0.4, 0.5) is 9.59 Å². The van der Waals surface area contributed by atoms with Crippen molar-refractivity contribution in [3.8, 4) is 0 Å². The fourth-order valence-corrected chi connectivity index (χ4v) is 2.28. The van der Waals surface area contributed by atoms with Crippen molar-refractivity contribution in [2.75, 3.05) is 39.6 Å². The third-order valence-electron chi connectivity index (χ3n) is 4.63. The molecule has 2 saturated heterocycles. The summed E-state index contributed by atoms with van der Waals surface area (Å²) in [6, 6.07) is 0. The monoisotopic (exact) mass is 374 g/mol. The van der Waals surface area contributed by atoms with Crippen molar-refractivity contribution >= 4 is 18.3 Å². The Morgan fingerprint density at radius 1 is 1.04 bits per heavy atom. The molecule has 0 N–H and O–H groups in total. The van der Waals surface area contributed by atoms with Crippen molar-refractivity contribution < 1.29 is 42.8 Å². The van der Waals surface area contributed by atoms with Gasteiger partial charge in [-0.25, -0.2) is 9.59 Å². The number of ether oxygens (including phenoxy) is 6. The summed E-state index contributed by atoms with van der Waals surface area (Å²) in [6.45, 7) is 7.67. The lowest BCUT2D eigenvalue weighted by Gasteiger charge is -2.36. The minimum absolute atomic E-state index is 0.0570. The van der Waals surface area contributed by atoms with Gasteiger partial charge >= 0.3 is 18.3 Å². The molecule has 0 amide bonds. The number of esters is 1. The van der Waals surface area contributed by atoms with Crippen LogP contribution in [-0.2, 0) is 33.2 Å². The Morgan fingerprint density at radius 2 is 1.54 bits per heavy atom. The first-order valence-electron chi connectivity index (χ1n) is 8.50. The van der Waals surface area contributed by atoms with Crippen LogP contribution in [0.15, 0.2) is 0 Å². The Hall–Kier alpha value is -2.03. The topological polar surface area (TPSA) is 107 Å². The molecule has 2 fully saturated rings. The zero-order valence-electron chi connectivity index (χ0n) is 15.6. The number of cyclic esters (lactones) is 4. The summed E-state index contributed by atoms with van der Waals surface area (Å²) in [5, 5.41) is 0.